The van der Waals surface area contributed by atoms with Gasteiger partial charge in [-0.2, -0.15) is 4.98 Å². The van der Waals surface area contributed by atoms with Crippen LogP contribution in [0, 0.1) is 0 Å². The van der Waals surface area contributed by atoms with Gasteiger partial charge in [-0.05, 0) is 43.5 Å². The number of anilines is 2. The maximum atomic E-state index is 13.3. The Hall–Kier alpha value is -3.94. The molecule has 35 heavy (non-hydrogen) atoms. The molecule has 0 N–H and O–H groups in total. The van der Waals surface area contributed by atoms with Crippen LogP contribution in [0.4, 0.5) is 11.8 Å². The fourth-order valence-electron chi connectivity index (χ4n) is 4.96. The van der Waals surface area contributed by atoms with Crippen LogP contribution in [0.5, 0.6) is 0 Å². The molecule has 0 bridgehead atoms. The average Bonchev–Trinajstić information content (AvgIpc) is 3.37. The summed E-state index contributed by atoms with van der Waals surface area (Å²) in [6.07, 6.45) is 5.52. The summed E-state index contributed by atoms with van der Waals surface area (Å²) in [6.45, 7) is 4.83. The van der Waals surface area contributed by atoms with Gasteiger partial charge < -0.3 is 19.2 Å². The zero-order valence-corrected chi connectivity index (χ0v) is 19.6. The third-order valence-corrected chi connectivity index (χ3v) is 6.92. The number of piperidine rings is 1. The first-order valence-corrected chi connectivity index (χ1v) is 12.3. The van der Waals surface area contributed by atoms with E-state index in [1.807, 2.05) is 65.7 Å². The Morgan fingerprint density at radius 3 is 2.43 bits per heavy atom. The van der Waals surface area contributed by atoms with Gasteiger partial charge in [0.1, 0.15) is 11.3 Å². The lowest BCUT2D eigenvalue weighted by atomic mass is 10.1. The predicted octanol–water partition coefficient (Wildman–Crippen LogP) is 4.24. The van der Waals surface area contributed by atoms with E-state index in [-0.39, 0.29) is 5.91 Å². The van der Waals surface area contributed by atoms with Gasteiger partial charge in [-0.25, -0.2) is 4.98 Å². The molecule has 0 saturated carbocycles. The van der Waals surface area contributed by atoms with Gasteiger partial charge in [0, 0.05) is 56.6 Å². The fraction of sp³-hybridized carbons (Fsp3) is 0.333. The first kappa shape index (κ1) is 21.6. The molecule has 2 aliphatic heterocycles. The van der Waals surface area contributed by atoms with E-state index in [1.54, 1.807) is 0 Å². The van der Waals surface area contributed by atoms with Crippen molar-refractivity contribution in [2.75, 3.05) is 49.1 Å². The standard InChI is InChI=1S/C27H28N6O2/c34-26(21-9-10-23-22(19-21)25(35-30-23)20-7-3-1-4-8-20)32-17-15-31(16-18-32)24-11-12-28-27(29-24)33-13-5-2-6-14-33/h1,3-4,7-12,19H,2,5-6,13-18H2. The summed E-state index contributed by atoms with van der Waals surface area (Å²) in [7, 11) is 0. The largest absolute Gasteiger partial charge is 0.355 e. The molecule has 2 saturated heterocycles. The van der Waals surface area contributed by atoms with Crippen LogP contribution in [0.15, 0.2) is 65.3 Å². The molecule has 4 heterocycles. The minimum Gasteiger partial charge on any atom is -0.355 e. The van der Waals surface area contributed by atoms with Crippen molar-refractivity contribution >= 4 is 28.6 Å². The Bertz CT molecular complexity index is 1320. The highest BCUT2D eigenvalue weighted by Gasteiger charge is 2.25. The molecule has 4 aromatic rings. The molecule has 2 aromatic carbocycles. The lowest BCUT2D eigenvalue weighted by Crippen LogP contribution is -2.49. The van der Waals surface area contributed by atoms with E-state index in [1.165, 1.54) is 19.3 Å². The number of benzene rings is 2. The van der Waals surface area contributed by atoms with E-state index < -0.39 is 0 Å². The summed E-state index contributed by atoms with van der Waals surface area (Å²) in [4.78, 5) is 29.1. The van der Waals surface area contributed by atoms with Crippen molar-refractivity contribution in [2.45, 2.75) is 19.3 Å². The van der Waals surface area contributed by atoms with Gasteiger partial charge in [0.05, 0.1) is 5.39 Å². The summed E-state index contributed by atoms with van der Waals surface area (Å²) >= 11 is 0. The van der Waals surface area contributed by atoms with Crippen LogP contribution >= 0.6 is 0 Å². The highest BCUT2D eigenvalue weighted by atomic mass is 16.5. The van der Waals surface area contributed by atoms with Crippen molar-refractivity contribution in [3.8, 4) is 11.3 Å². The molecule has 178 valence electrons. The lowest BCUT2D eigenvalue weighted by Gasteiger charge is -2.36. The van der Waals surface area contributed by atoms with Crippen molar-refractivity contribution < 1.29 is 9.32 Å². The molecule has 2 aromatic heterocycles. The number of hydrogen-bond acceptors (Lipinski definition) is 7. The van der Waals surface area contributed by atoms with Gasteiger partial charge in [-0.15, -0.1) is 0 Å². The molecule has 0 unspecified atom stereocenters. The van der Waals surface area contributed by atoms with Crippen LogP contribution < -0.4 is 9.80 Å². The zero-order valence-electron chi connectivity index (χ0n) is 19.6. The minimum absolute atomic E-state index is 0.0310. The van der Waals surface area contributed by atoms with Crippen LogP contribution in [-0.2, 0) is 0 Å². The number of rotatable bonds is 4. The van der Waals surface area contributed by atoms with Gasteiger partial charge in [0.25, 0.3) is 5.91 Å². The fourth-order valence-corrected chi connectivity index (χ4v) is 4.96. The summed E-state index contributed by atoms with van der Waals surface area (Å²) < 4.78 is 5.60. The van der Waals surface area contributed by atoms with Gasteiger partial charge in [-0.3, -0.25) is 4.79 Å². The maximum absolute atomic E-state index is 13.3. The summed E-state index contributed by atoms with van der Waals surface area (Å²) in [5, 5.41) is 5.02. The molecule has 2 aliphatic rings. The number of fused-ring (bicyclic) bond motifs is 1. The molecule has 8 heteroatoms. The van der Waals surface area contributed by atoms with Crippen molar-refractivity contribution in [1.82, 2.24) is 20.0 Å². The van der Waals surface area contributed by atoms with Crippen LogP contribution in [0.2, 0.25) is 0 Å². The van der Waals surface area contributed by atoms with Crippen LogP contribution in [0.25, 0.3) is 22.2 Å². The van der Waals surface area contributed by atoms with Gasteiger partial charge in [0.2, 0.25) is 5.95 Å². The second-order valence-corrected chi connectivity index (χ2v) is 9.15. The summed E-state index contributed by atoms with van der Waals surface area (Å²) in [5.41, 5.74) is 2.35. The summed E-state index contributed by atoms with van der Waals surface area (Å²) in [5.74, 6) is 2.47. The number of amides is 1. The zero-order chi connectivity index (χ0) is 23.6. The number of carbonyl (C=O) groups excluding carboxylic acids is 1. The second-order valence-electron chi connectivity index (χ2n) is 9.15. The van der Waals surface area contributed by atoms with E-state index in [0.717, 1.165) is 54.4 Å². The second kappa shape index (κ2) is 9.37. The SMILES string of the molecule is O=C(c1ccc2noc(-c3ccccc3)c2c1)N1CCN(c2ccnc(N3CCCCC3)n2)CC1. The Morgan fingerprint density at radius 2 is 1.63 bits per heavy atom. The smallest absolute Gasteiger partial charge is 0.254 e. The first-order chi connectivity index (χ1) is 17.3. The molecule has 0 spiro atoms. The van der Waals surface area contributed by atoms with Crippen LogP contribution in [-0.4, -0.2) is 65.2 Å². The van der Waals surface area contributed by atoms with E-state index in [0.29, 0.717) is 24.4 Å². The number of hydrogen-bond donors (Lipinski definition) is 0. The first-order valence-electron chi connectivity index (χ1n) is 12.3. The molecule has 0 radical (unpaired) electrons. The predicted molar refractivity (Wildman–Crippen MR) is 136 cm³/mol. The van der Waals surface area contributed by atoms with E-state index in [4.69, 9.17) is 9.51 Å². The van der Waals surface area contributed by atoms with E-state index in [2.05, 4.69) is 19.9 Å². The lowest BCUT2D eigenvalue weighted by molar-refractivity contribution is 0.0746. The molecular formula is C27H28N6O2. The maximum Gasteiger partial charge on any atom is 0.254 e. The molecule has 2 fully saturated rings. The van der Waals surface area contributed by atoms with Crippen molar-refractivity contribution in [2.24, 2.45) is 0 Å². The number of piperazine rings is 1. The number of carbonyl (C=O) groups is 1. The Balaban J connectivity index is 1.15. The van der Waals surface area contributed by atoms with Crippen molar-refractivity contribution in [3.05, 3.63) is 66.4 Å². The van der Waals surface area contributed by atoms with Gasteiger partial charge in [-0.1, -0.05) is 35.5 Å². The Morgan fingerprint density at radius 1 is 0.829 bits per heavy atom. The van der Waals surface area contributed by atoms with Gasteiger partial charge >= 0.3 is 0 Å². The van der Waals surface area contributed by atoms with Crippen molar-refractivity contribution in [3.63, 3.8) is 0 Å². The van der Waals surface area contributed by atoms with Gasteiger partial charge in [0.15, 0.2) is 5.76 Å². The van der Waals surface area contributed by atoms with Crippen LogP contribution in [0.3, 0.4) is 0 Å². The Kier molecular flexibility index (Phi) is 5.78. The quantitative estimate of drug-likeness (QED) is 0.443. The molecule has 0 aliphatic carbocycles. The number of nitrogens with zero attached hydrogens (tertiary/aromatic N) is 6. The molecule has 0 atom stereocenters. The Labute approximate surface area is 204 Å². The molecule has 1 amide bonds. The van der Waals surface area contributed by atoms with E-state index in [9.17, 15) is 4.79 Å². The topological polar surface area (TPSA) is 78.6 Å². The third-order valence-electron chi connectivity index (χ3n) is 6.92. The third kappa shape index (κ3) is 4.32. The molecular weight excluding hydrogens is 440 g/mol. The highest BCUT2D eigenvalue weighted by molar-refractivity contribution is 6.01. The monoisotopic (exact) mass is 468 g/mol. The van der Waals surface area contributed by atoms with E-state index >= 15 is 0 Å². The average molecular weight is 469 g/mol. The normalized spacial score (nSPS) is 16.6. The molecule has 6 rings (SSSR count). The van der Waals surface area contributed by atoms with Crippen LogP contribution in [0.1, 0.15) is 29.6 Å². The molecule has 8 nitrogen and oxygen atoms in total. The summed E-state index contributed by atoms with van der Waals surface area (Å²) in [6, 6.07) is 17.4. The number of aromatic nitrogens is 3. The van der Waals surface area contributed by atoms with Crippen molar-refractivity contribution in [1.29, 1.82) is 0 Å². The minimum atomic E-state index is 0.0310. The highest BCUT2D eigenvalue weighted by Crippen LogP contribution is 2.29.